The lowest BCUT2D eigenvalue weighted by Crippen LogP contribution is -2.41. The second-order valence-corrected chi connectivity index (χ2v) is 5.32. The van der Waals surface area contributed by atoms with E-state index in [-0.39, 0.29) is 12.3 Å². The van der Waals surface area contributed by atoms with Gasteiger partial charge in [0, 0.05) is 0 Å². The van der Waals surface area contributed by atoms with Crippen LogP contribution in [0.15, 0.2) is 0 Å². The molecule has 0 bridgehead atoms. The smallest absolute Gasteiger partial charge is 0.410 e. The van der Waals surface area contributed by atoms with E-state index in [1.165, 1.54) is 12.0 Å². The summed E-state index contributed by atoms with van der Waals surface area (Å²) in [7, 11) is 1.22. The van der Waals surface area contributed by atoms with E-state index in [1.54, 1.807) is 27.7 Å². The van der Waals surface area contributed by atoms with Crippen molar-refractivity contribution in [3.05, 3.63) is 0 Å². The lowest BCUT2D eigenvalue weighted by atomic mass is 10.0. The molecule has 0 N–H and O–H groups in total. The van der Waals surface area contributed by atoms with E-state index in [9.17, 15) is 14.4 Å². The minimum Gasteiger partial charge on any atom is -0.468 e. The predicted molar refractivity (Wildman–Crippen MR) is 62.9 cm³/mol. The highest BCUT2D eigenvalue weighted by Crippen LogP contribution is 2.24. The van der Waals surface area contributed by atoms with E-state index in [2.05, 4.69) is 4.74 Å². The Labute approximate surface area is 106 Å². The Balaban J connectivity index is 2.80. The van der Waals surface area contributed by atoms with Crippen LogP contribution in [0.5, 0.6) is 0 Å². The van der Waals surface area contributed by atoms with Crippen LogP contribution in [0.1, 0.15) is 27.7 Å². The van der Waals surface area contributed by atoms with Gasteiger partial charge in [0.05, 0.1) is 19.7 Å². The summed E-state index contributed by atoms with van der Waals surface area (Å²) in [6, 6.07) is -0.542. The third kappa shape index (κ3) is 3.00. The number of ketones is 1. The average Bonchev–Trinajstić information content (AvgIpc) is 2.51. The van der Waals surface area contributed by atoms with Gasteiger partial charge in [0.25, 0.3) is 0 Å². The van der Waals surface area contributed by atoms with Gasteiger partial charge in [-0.3, -0.25) is 14.5 Å². The fraction of sp³-hybridized carbons (Fsp3) is 0.750. The number of carbonyl (C=O) groups excluding carboxylic acids is 3. The number of hydrogen-bond acceptors (Lipinski definition) is 5. The van der Waals surface area contributed by atoms with Gasteiger partial charge in [0.15, 0.2) is 5.78 Å². The number of amides is 1. The maximum absolute atomic E-state index is 11.9. The molecule has 0 spiro atoms. The van der Waals surface area contributed by atoms with Gasteiger partial charge in [0.1, 0.15) is 11.5 Å². The molecule has 6 nitrogen and oxygen atoms in total. The molecule has 6 heteroatoms. The van der Waals surface area contributed by atoms with Crippen LogP contribution < -0.4 is 0 Å². The average molecular weight is 257 g/mol. The van der Waals surface area contributed by atoms with Crippen molar-refractivity contribution in [1.82, 2.24) is 4.90 Å². The zero-order valence-corrected chi connectivity index (χ0v) is 11.4. The summed E-state index contributed by atoms with van der Waals surface area (Å²) in [5.74, 6) is -1.85. The van der Waals surface area contributed by atoms with Crippen LogP contribution in [0.25, 0.3) is 0 Å². The second kappa shape index (κ2) is 4.96. The molecule has 0 unspecified atom stereocenters. The first-order valence-electron chi connectivity index (χ1n) is 5.77. The Morgan fingerprint density at radius 1 is 1.33 bits per heavy atom. The number of esters is 1. The monoisotopic (exact) mass is 257 g/mol. The summed E-state index contributed by atoms with van der Waals surface area (Å²) in [5.41, 5.74) is -0.636. The van der Waals surface area contributed by atoms with Crippen molar-refractivity contribution >= 4 is 17.8 Å². The molecule has 1 amide bonds. The molecule has 0 saturated carbocycles. The molecule has 1 aliphatic rings. The quantitative estimate of drug-likeness (QED) is 0.517. The predicted octanol–water partition coefficient (Wildman–Crippen LogP) is 0.984. The number of methoxy groups -OCH3 is 1. The molecular weight excluding hydrogens is 238 g/mol. The van der Waals surface area contributed by atoms with Gasteiger partial charge < -0.3 is 9.47 Å². The number of rotatable bonds is 1. The number of likely N-dealkylation sites (tertiary alicyclic amines) is 1. The van der Waals surface area contributed by atoms with Crippen LogP contribution in [0.3, 0.4) is 0 Å². The first-order valence-corrected chi connectivity index (χ1v) is 5.77. The molecule has 2 atom stereocenters. The van der Waals surface area contributed by atoms with Gasteiger partial charge >= 0.3 is 12.1 Å². The zero-order chi connectivity index (χ0) is 14.1. The lowest BCUT2D eigenvalue weighted by Gasteiger charge is -2.27. The normalized spacial score (nSPS) is 24.1. The van der Waals surface area contributed by atoms with Gasteiger partial charge in [-0.25, -0.2) is 4.79 Å². The molecule has 0 aromatic carbocycles. The molecule has 1 aliphatic heterocycles. The summed E-state index contributed by atoms with van der Waals surface area (Å²) in [5, 5.41) is 0. The number of nitrogens with zero attached hydrogens (tertiary/aromatic N) is 1. The Morgan fingerprint density at radius 2 is 1.89 bits per heavy atom. The molecule has 0 aliphatic carbocycles. The van der Waals surface area contributed by atoms with Crippen molar-refractivity contribution in [2.24, 2.45) is 5.92 Å². The maximum Gasteiger partial charge on any atom is 0.410 e. The number of hydrogen-bond donors (Lipinski definition) is 0. The van der Waals surface area contributed by atoms with E-state index in [0.717, 1.165) is 0 Å². The van der Waals surface area contributed by atoms with Crippen LogP contribution >= 0.6 is 0 Å². The molecule has 0 radical (unpaired) electrons. The van der Waals surface area contributed by atoms with Crippen LogP contribution in [0.2, 0.25) is 0 Å². The Bertz CT molecular complexity index is 371. The summed E-state index contributed by atoms with van der Waals surface area (Å²) in [6.45, 7) is 6.74. The second-order valence-electron chi connectivity index (χ2n) is 5.32. The van der Waals surface area contributed by atoms with Crippen molar-refractivity contribution < 1.29 is 23.9 Å². The first-order chi connectivity index (χ1) is 8.17. The van der Waals surface area contributed by atoms with Crippen molar-refractivity contribution in [3.8, 4) is 0 Å². The van der Waals surface area contributed by atoms with E-state index in [4.69, 9.17) is 4.74 Å². The highest BCUT2D eigenvalue weighted by Gasteiger charge is 2.46. The SMILES string of the molecule is COC(=O)[C@@H]1C(=O)CN(C(=O)OC(C)(C)C)[C@@H]1C. The van der Waals surface area contributed by atoms with E-state index in [0.29, 0.717) is 0 Å². The standard InChI is InChI=1S/C12H19NO5/c1-7-9(10(15)17-5)8(14)6-13(7)11(16)18-12(2,3)4/h7,9H,6H2,1-5H3/t7-,9+/m1/s1. The van der Waals surface area contributed by atoms with Crippen LogP contribution in [-0.4, -0.2) is 48.0 Å². The van der Waals surface area contributed by atoms with Gasteiger partial charge in [0.2, 0.25) is 0 Å². The van der Waals surface area contributed by atoms with Gasteiger partial charge in [-0.1, -0.05) is 0 Å². The summed E-state index contributed by atoms with van der Waals surface area (Å²) >= 11 is 0. The minimum atomic E-state index is -0.914. The minimum absolute atomic E-state index is 0.115. The fourth-order valence-electron chi connectivity index (χ4n) is 1.87. The summed E-state index contributed by atoms with van der Waals surface area (Å²) in [4.78, 5) is 36.3. The van der Waals surface area contributed by atoms with E-state index in [1.807, 2.05) is 0 Å². The molecule has 1 saturated heterocycles. The molecular formula is C12H19NO5. The van der Waals surface area contributed by atoms with Crippen molar-refractivity contribution in [3.63, 3.8) is 0 Å². The van der Waals surface area contributed by atoms with E-state index < -0.39 is 29.6 Å². The third-order valence-electron chi connectivity index (χ3n) is 2.73. The van der Waals surface area contributed by atoms with Crippen molar-refractivity contribution in [2.75, 3.05) is 13.7 Å². The summed E-state index contributed by atoms with van der Waals surface area (Å²) in [6.07, 6.45) is -0.588. The van der Waals surface area contributed by atoms with Gasteiger partial charge in [-0.15, -0.1) is 0 Å². The zero-order valence-electron chi connectivity index (χ0n) is 11.4. The van der Waals surface area contributed by atoms with Crippen LogP contribution in [0.4, 0.5) is 4.79 Å². The molecule has 1 heterocycles. The number of Topliss-reactive ketones (excluding diaryl/α,β-unsaturated/α-hetero) is 1. The number of ether oxygens (including phenoxy) is 2. The number of carbonyl (C=O) groups is 3. The van der Waals surface area contributed by atoms with Crippen molar-refractivity contribution in [2.45, 2.75) is 39.3 Å². The topological polar surface area (TPSA) is 72.9 Å². The highest BCUT2D eigenvalue weighted by atomic mass is 16.6. The van der Waals surface area contributed by atoms with Crippen LogP contribution in [-0.2, 0) is 19.1 Å². The summed E-state index contributed by atoms with van der Waals surface area (Å²) < 4.78 is 9.75. The van der Waals surface area contributed by atoms with Gasteiger partial charge in [-0.05, 0) is 27.7 Å². The first kappa shape index (κ1) is 14.5. The largest absolute Gasteiger partial charge is 0.468 e. The molecule has 1 fully saturated rings. The van der Waals surface area contributed by atoms with Crippen molar-refractivity contribution in [1.29, 1.82) is 0 Å². The Kier molecular flexibility index (Phi) is 3.98. The highest BCUT2D eigenvalue weighted by molar-refractivity contribution is 6.04. The lowest BCUT2D eigenvalue weighted by molar-refractivity contribution is -0.148. The Morgan fingerprint density at radius 3 is 2.33 bits per heavy atom. The maximum atomic E-state index is 11.9. The molecule has 0 aromatic heterocycles. The third-order valence-corrected chi connectivity index (χ3v) is 2.73. The Hall–Kier alpha value is -1.59. The van der Waals surface area contributed by atoms with E-state index >= 15 is 0 Å². The fourth-order valence-corrected chi connectivity index (χ4v) is 1.87. The van der Waals surface area contributed by atoms with Crippen LogP contribution in [0, 0.1) is 5.92 Å². The molecule has 102 valence electrons. The molecule has 1 rings (SSSR count). The van der Waals surface area contributed by atoms with Gasteiger partial charge in [-0.2, -0.15) is 0 Å². The molecule has 0 aromatic rings. The molecule has 18 heavy (non-hydrogen) atoms.